The van der Waals surface area contributed by atoms with Crippen LogP contribution in [0, 0.1) is 17.8 Å². The van der Waals surface area contributed by atoms with Gasteiger partial charge in [-0.05, 0) is 61.4 Å². The van der Waals surface area contributed by atoms with Gasteiger partial charge < -0.3 is 9.64 Å². The molecule has 2 N–H and O–H groups in total. The summed E-state index contributed by atoms with van der Waals surface area (Å²) < 4.78 is 31.3. The van der Waals surface area contributed by atoms with Gasteiger partial charge >= 0.3 is 0 Å². The predicted molar refractivity (Wildman–Crippen MR) is 119 cm³/mol. The Morgan fingerprint density at radius 1 is 1.28 bits per heavy atom. The first-order valence-corrected chi connectivity index (χ1v) is 12.5. The summed E-state index contributed by atoms with van der Waals surface area (Å²) >= 11 is 1.26. The first-order valence-electron chi connectivity index (χ1n) is 9.99. The van der Waals surface area contributed by atoms with Crippen molar-refractivity contribution in [1.82, 2.24) is 10.4 Å². The molecule has 2 atom stereocenters. The summed E-state index contributed by atoms with van der Waals surface area (Å²) in [5, 5.41) is 10.9. The third-order valence-electron chi connectivity index (χ3n) is 5.24. The fourth-order valence-corrected chi connectivity index (χ4v) is 5.98. The van der Waals surface area contributed by atoms with Crippen LogP contribution in [0.15, 0.2) is 46.7 Å². The highest BCUT2D eigenvalue weighted by molar-refractivity contribution is 7.91. The number of rotatable bonds is 7. The number of hydrogen-bond acceptors (Lipinski definition) is 7. The smallest absolute Gasteiger partial charge is 0.266 e. The number of hydrogen-bond donors (Lipinski definition) is 2. The number of thiophene rings is 1. The largest absolute Gasteiger partial charge is 0.481 e. The van der Waals surface area contributed by atoms with Crippen molar-refractivity contribution in [2.45, 2.75) is 30.7 Å². The molecular formula is C22H24N2O6S2. The van der Waals surface area contributed by atoms with Crippen LogP contribution in [0.4, 0.5) is 0 Å². The summed E-state index contributed by atoms with van der Waals surface area (Å²) in [4.78, 5) is 27.1. The molecule has 32 heavy (non-hydrogen) atoms. The van der Waals surface area contributed by atoms with E-state index in [0.717, 1.165) is 0 Å². The zero-order valence-electron chi connectivity index (χ0n) is 17.5. The highest BCUT2D eigenvalue weighted by atomic mass is 32.2. The minimum atomic E-state index is -3.62. The van der Waals surface area contributed by atoms with Crippen LogP contribution < -0.4 is 10.2 Å². The Labute approximate surface area is 191 Å². The lowest BCUT2D eigenvalue weighted by Crippen LogP contribution is -2.53. The van der Waals surface area contributed by atoms with E-state index in [2.05, 4.69) is 11.8 Å². The third-order valence-corrected chi connectivity index (χ3v) is 8.00. The van der Waals surface area contributed by atoms with Gasteiger partial charge in [-0.2, -0.15) is 0 Å². The summed E-state index contributed by atoms with van der Waals surface area (Å²) in [6.45, 7) is 2.15. The second-order valence-corrected chi connectivity index (χ2v) is 10.3. The molecule has 2 aromatic rings. The van der Waals surface area contributed by atoms with Crippen molar-refractivity contribution >= 4 is 33.0 Å². The molecule has 3 rings (SSSR count). The lowest BCUT2D eigenvalue weighted by molar-refractivity contribution is -0.135. The number of carbonyl (C=O) groups is 2. The molecule has 10 heteroatoms. The van der Waals surface area contributed by atoms with Crippen molar-refractivity contribution in [2.75, 3.05) is 18.9 Å². The lowest BCUT2D eigenvalue weighted by Gasteiger charge is -2.37. The van der Waals surface area contributed by atoms with Crippen molar-refractivity contribution < 1.29 is 28.0 Å². The van der Waals surface area contributed by atoms with Gasteiger partial charge in [0, 0.05) is 6.54 Å². The second kappa shape index (κ2) is 10.6. The maximum Gasteiger partial charge on any atom is 0.266 e. The van der Waals surface area contributed by atoms with E-state index in [0.29, 0.717) is 17.0 Å². The van der Waals surface area contributed by atoms with Crippen LogP contribution in [0.2, 0.25) is 0 Å². The second-order valence-electron chi connectivity index (χ2n) is 7.33. The Morgan fingerprint density at radius 2 is 2.03 bits per heavy atom. The number of piperidine rings is 1. The van der Waals surface area contributed by atoms with Crippen LogP contribution in [-0.4, -0.2) is 55.3 Å². The van der Waals surface area contributed by atoms with Crippen LogP contribution in [0.3, 0.4) is 0 Å². The summed E-state index contributed by atoms with van der Waals surface area (Å²) in [6, 6.07) is 8.59. The standard InChI is InChI=1S/C22H24N2O6S2/c1-2-3-12-30-17-6-8-18(9-7-17)32(28,29)15-16-10-11-24(19(14-16)21(25)23-27)22(26)20-5-4-13-31-20/h4-9,13,16,19,27H,10-12,14-15H2,1H3,(H,23,25). The molecular weight excluding hydrogens is 452 g/mol. The third kappa shape index (κ3) is 5.68. The number of hydroxylamine groups is 1. The number of carbonyl (C=O) groups excluding carboxylic acids is 2. The summed E-state index contributed by atoms with van der Waals surface area (Å²) in [5.74, 6) is 4.46. The first kappa shape index (κ1) is 23.8. The Balaban J connectivity index is 1.69. The average Bonchev–Trinajstić information content (AvgIpc) is 3.33. The summed E-state index contributed by atoms with van der Waals surface area (Å²) in [5.41, 5.74) is 1.60. The number of likely N-dealkylation sites (tertiary alicyclic amines) is 1. The van der Waals surface area contributed by atoms with Gasteiger partial charge in [0.2, 0.25) is 0 Å². The van der Waals surface area contributed by atoms with Gasteiger partial charge in [-0.3, -0.25) is 14.8 Å². The highest BCUT2D eigenvalue weighted by Crippen LogP contribution is 2.29. The van der Waals surface area contributed by atoms with Crippen molar-refractivity contribution in [2.24, 2.45) is 5.92 Å². The van der Waals surface area contributed by atoms with E-state index in [1.807, 2.05) is 0 Å². The normalized spacial score (nSPS) is 18.4. The van der Waals surface area contributed by atoms with Gasteiger partial charge in [0.05, 0.1) is 15.5 Å². The number of nitrogens with one attached hydrogen (secondary N) is 1. The van der Waals surface area contributed by atoms with Crippen molar-refractivity contribution in [3.8, 4) is 17.6 Å². The minimum absolute atomic E-state index is 0.139. The maximum absolute atomic E-state index is 12.9. The Bertz CT molecular complexity index is 1100. The fourth-order valence-electron chi connectivity index (χ4n) is 3.64. The van der Waals surface area contributed by atoms with Crippen LogP contribution in [0.5, 0.6) is 5.75 Å². The molecule has 0 bridgehead atoms. The van der Waals surface area contributed by atoms with Gasteiger partial charge in [0.15, 0.2) is 9.84 Å². The molecule has 2 unspecified atom stereocenters. The molecule has 2 heterocycles. The predicted octanol–water partition coefficient (Wildman–Crippen LogP) is 2.35. The Morgan fingerprint density at radius 3 is 2.66 bits per heavy atom. The molecule has 1 aliphatic rings. The minimum Gasteiger partial charge on any atom is -0.481 e. The number of benzene rings is 1. The number of nitrogens with zero attached hydrogens (tertiary/aromatic N) is 1. The topological polar surface area (TPSA) is 113 Å². The van der Waals surface area contributed by atoms with E-state index >= 15 is 0 Å². The highest BCUT2D eigenvalue weighted by Gasteiger charge is 2.38. The Hall–Kier alpha value is -2.87. The zero-order valence-corrected chi connectivity index (χ0v) is 19.1. The summed E-state index contributed by atoms with van der Waals surface area (Å²) in [6.07, 6.45) is 0.571. The van der Waals surface area contributed by atoms with Crippen LogP contribution in [0.1, 0.15) is 29.4 Å². The van der Waals surface area contributed by atoms with Gasteiger partial charge in [0.1, 0.15) is 18.4 Å². The molecule has 1 aliphatic heterocycles. The molecule has 0 spiro atoms. The molecule has 0 aliphatic carbocycles. The molecule has 0 saturated carbocycles. The monoisotopic (exact) mass is 476 g/mol. The number of sulfone groups is 1. The molecule has 2 amide bonds. The van der Waals surface area contributed by atoms with E-state index < -0.39 is 21.8 Å². The Kier molecular flexibility index (Phi) is 7.90. The van der Waals surface area contributed by atoms with Crippen LogP contribution >= 0.6 is 11.3 Å². The number of ether oxygens (including phenoxy) is 1. The summed E-state index contributed by atoms with van der Waals surface area (Å²) in [7, 11) is -3.62. The molecule has 1 fully saturated rings. The molecule has 170 valence electrons. The van der Waals surface area contributed by atoms with Crippen molar-refractivity contribution in [1.29, 1.82) is 0 Å². The van der Waals surface area contributed by atoms with Gasteiger partial charge in [-0.25, -0.2) is 13.9 Å². The SMILES string of the molecule is CC#CCOc1ccc(S(=O)(=O)CC2CCN(C(=O)c3cccs3)C(C(=O)NO)C2)cc1. The maximum atomic E-state index is 12.9. The molecule has 1 aromatic heterocycles. The van der Waals surface area contributed by atoms with E-state index in [1.165, 1.54) is 28.4 Å². The first-order chi connectivity index (χ1) is 15.4. The van der Waals surface area contributed by atoms with Crippen LogP contribution in [-0.2, 0) is 14.6 Å². The molecule has 1 saturated heterocycles. The van der Waals surface area contributed by atoms with E-state index in [-0.39, 0.29) is 42.0 Å². The van der Waals surface area contributed by atoms with E-state index in [1.54, 1.807) is 42.0 Å². The van der Waals surface area contributed by atoms with E-state index in [4.69, 9.17) is 9.94 Å². The van der Waals surface area contributed by atoms with Gasteiger partial charge in [-0.15, -0.1) is 17.3 Å². The van der Waals surface area contributed by atoms with Gasteiger partial charge in [0.25, 0.3) is 11.8 Å². The van der Waals surface area contributed by atoms with Gasteiger partial charge in [-0.1, -0.05) is 12.0 Å². The average molecular weight is 477 g/mol. The molecule has 0 radical (unpaired) electrons. The zero-order chi connectivity index (χ0) is 23.1. The van der Waals surface area contributed by atoms with Crippen LogP contribution in [0.25, 0.3) is 0 Å². The van der Waals surface area contributed by atoms with Crippen molar-refractivity contribution in [3.05, 3.63) is 46.7 Å². The number of amides is 2. The van der Waals surface area contributed by atoms with E-state index in [9.17, 15) is 18.0 Å². The molecule has 8 nitrogen and oxygen atoms in total. The quantitative estimate of drug-likeness (QED) is 0.360. The molecule has 1 aromatic carbocycles. The van der Waals surface area contributed by atoms with Crippen molar-refractivity contribution in [3.63, 3.8) is 0 Å². The fraction of sp³-hybridized carbons (Fsp3) is 0.364. The lowest BCUT2D eigenvalue weighted by atomic mass is 9.91.